The minimum atomic E-state index is -0.792. The van der Waals surface area contributed by atoms with Crippen molar-refractivity contribution in [1.82, 2.24) is 0 Å². The van der Waals surface area contributed by atoms with E-state index in [4.69, 9.17) is 4.74 Å². The molecule has 1 aromatic carbocycles. The van der Waals surface area contributed by atoms with Crippen LogP contribution in [-0.4, -0.2) is 16.1 Å². The summed E-state index contributed by atoms with van der Waals surface area (Å²) in [6.07, 6.45) is 2.43. The van der Waals surface area contributed by atoms with Crippen molar-refractivity contribution < 1.29 is 14.8 Å². The maximum Gasteiger partial charge on any atom is 0.270 e. The first-order chi connectivity index (χ1) is 9.88. The largest absolute Gasteiger partial charge is 0.490 e. The van der Waals surface area contributed by atoms with Crippen LogP contribution in [0, 0.1) is 22.0 Å². The zero-order valence-corrected chi connectivity index (χ0v) is 12.8. The molecule has 2 rings (SSSR count). The third kappa shape index (κ3) is 3.73. The second-order valence-corrected chi connectivity index (χ2v) is 6.16. The summed E-state index contributed by atoms with van der Waals surface area (Å²) < 4.78 is 6.02. The van der Waals surface area contributed by atoms with E-state index in [-0.39, 0.29) is 11.8 Å². The Balaban J connectivity index is 2.17. The number of aliphatic hydroxyl groups excluding tert-OH is 1. The first-order valence-electron chi connectivity index (χ1n) is 7.51. The fraction of sp³-hybridized carbons (Fsp3) is 0.625. The van der Waals surface area contributed by atoms with Crippen LogP contribution in [0.4, 0.5) is 5.69 Å². The second-order valence-electron chi connectivity index (χ2n) is 6.16. The molecule has 1 N–H and O–H groups in total. The molecule has 1 aliphatic rings. The van der Waals surface area contributed by atoms with Gasteiger partial charge in [-0.05, 0) is 44.1 Å². The lowest BCUT2D eigenvalue weighted by atomic mass is 9.80. The first kappa shape index (κ1) is 15.8. The summed E-state index contributed by atoms with van der Waals surface area (Å²) in [6, 6.07) is 4.42. The first-order valence-corrected chi connectivity index (χ1v) is 7.51. The van der Waals surface area contributed by atoms with Crippen LogP contribution >= 0.6 is 0 Å². The summed E-state index contributed by atoms with van der Waals surface area (Å²) in [7, 11) is 0. The number of nitrogens with zero attached hydrogens (tertiary/aromatic N) is 1. The molecule has 0 radical (unpaired) electrons. The third-order valence-electron chi connectivity index (χ3n) is 4.50. The Morgan fingerprint density at radius 1 is 1.33 bits per heavy atom. The predicted octanol–water partition coefficient (Wildman–Crippen LogP) is 3.85. The minimum absolute atomic E-state index is 0.0242. The van der Waals surface area contributed by atoms with Gasteiger partial charge in [0.15, 0.2) is 0 Å². The summed E-state index contributed by atoms with van der Waals surface area (Å²) in [4.78, 5) is 10.4. The maximum absolute atomic E-state index is 10.8. The summed E-state index contributed by atoms with van der Waals surface area (Å²) in [5.41, 5.74) is 0.458. The molecular weight excluding hydrogens is 270 g/mol. The molecule has 0 amide bonds. The summed E-state index contributed by atoms with van der Waals surface area (Å²) in [5, 5.41) is 20.7. The Labute approximate surface area is 125 Å². The molecule has 1 aromatic rings. The monoisotopic (exact) mass is 293 g/mol. The molecule has 0 saturated heterocycles. The minimum Gasteiger partial charge on any atom is -0.490 e. The number of benzene rings is 1. The summed E-state index contributed by atoms with van der Waals surface area (Å²) in [6.45, 7) is 6.08. The summed E-state index contributed by atoms with van der Waals surface area (Å²) >= 11 is 0. The van der Waals surface area contributed by atoms with E-state index < -0.39 is 11.0 Å². The molecule has 0 spiro atoms. The van der Waals surface area contributed by atoms with Crippen molar-refractivity contribution in [3.8, 4) is 5.75 Å². The fourth-order valence-electron chi connectivity index (χ4n) is 2.87. The summed E-state index contributed by atoms with van der Waals surface area (Å²) in [5.74, 6) is 1.87. The molecule has 5 nitrogen and oxygen atoms in total. The highest BCUT2D eigenvalue weighted by atomic mass is 16.6. The third-order valence-corrected chi connectivity index (χ3v) is 4.50. The zero-order chi connectivity index (χ0) is 15.6. The topological polar surface area (TPSA) is 72.6 Å². The number of aliphatic hydroxyl groups is 1. The van der Waals surface area contributed by atoms with Gasteiger partial charge in [0.1, 0.15) is 5.75 Å². The van der Waals surface area contributed by atoms with Crippen molar-refractivity contribution in [2.24, 2.45) is 11.8 Å². The van der Waals surface area contributed by atoms with Crippen LogP contribution in [0.1, 0.15) is 51.7 Å². The van der Waals surface area contributed by atoms with Gasteiger partial charge < -0.3 is 9.84 Å². The fourth-order valence-corrected chi connectivity index (χ4v) is 2.87. The number of nitro groups is 1. The molecule has 116 valence electrons. The van der Waals surface area contributed by atoms with E-state index in [1.165, 1.54) is 12.1 Å². The molecule has 4 atom stereocenters. The van der Waals surface area contributed by atoms with Crippen molar-refractivity contribution in [3.05, 3.63) is 33.9 Å². The van der Waals surface area contributed by atoms with Crippen molar-refractivity contribution in [3.63, 3.8) is 0 Å². The van der Waals surface area contributed by atoms with Crippen molar-refractivity contribution in [1.29, 1.82) is 0 Å². The number of nitro benzene ring substituents is 1. The number of rotatable bonds is 4. The van der Waals surface area contributed by atoms with Crippen LogP contribution in [0.25, 0.3) is 0 Å². The molecule has 1 aliphatic carbocycles. The van der Waals surface area contributed by atoms with Crippen molar-refractivity contribution >= 4 is 5.69 Å². The van der Waals surface area contributed by atoms with E-state index >= 15 is 0 Å². The highest BCUT2D eigenvalue weighted by molar-refractivity contribution is 5.45. The highest BCUT2D eigenvalue weighted by Crippen LogP contribution is 2.35. The van der Waals surface area contributed by atoms with Crippen LogP contribution in [0.15, 0.2) is 18.2 Å². The lowest BCUT2D eigenvalue weighted by Gasteiger charge is -2.32. The number of hydrogen-bond acceptors (Lipinski definition) is 4. The van der Waals surface area contributed by atoms with Gasteiger partial charge in [-0.2, -0.15) is 0 Å². The van der Waals surface area contributed by atoms with Gasteiger partial charge in [-0.15, -0.1) is 0 Å². The van der Waals surface area contributed by atoms with Crippen molar-refractivity contribution in [2.75, 3.05) is 0 Å². The van der Waals surface area contributed by atoms with E-state index in [2.05, 4.69) is 13.8 Å². The molecule has 21 heavy (non-hydrogen) atoms. The van der Waals surface area contributed by atoms with Gasteiger partial charge in [0.2, 0.25) is 0 Å². The smallest absolute Gasteiger partial charge is 0.270 e. The Morgan fingerprint density at radius 2 is 2.05 bits per heavy atom. The molecule has 0 bridgehead atoms. The van der Waals surface area contributed by atoms with Gasteiger partial charge in [-0.3, -0.25) is 10.1 Å². The second kappa shape index (κ2) is 6.43. The lowest BCUT2D eigenvalue weighted by molar-refractivity contribution is -0.385. The quantitative estimate of drug-likeness (QED) is 0.676. The van der Waals surface area contributed by atoms with Crippen LogP contribution in [0.5, 0.6) is 5.75 Å². The van der Waals surface area contributed by atoms with E-state index in [1.807, 2.05) is 0 Å². The number of ether oxygens (including phenoxy) is 1. The standard InChI is InChI=1S/C16H23NO4/c1-10-4-6-14(8-11(10)2)21-16-7-5-13(17(19)20)9-15(16)12(3)18/h5,7,9-12,14,18H,4,6,8H2,1-3H3. The Bertz CT molecular complexity index is 515. The van der Waals surface area contributed by atoms with E-state index in [9.17, 15) is 15.2 Å². The molecule has 1 fully saturated rings. The van der Waals surface area contributed by atoms with Crippen LogP contribution < -0.4 is 4.74 Å². The molecule has 0 aromatic heterocycles. The van der Waals surface area contributed by atoms with Gasteiger partial charge >= 0.3 is 0 Å². The Hall–Kier alpha value is -1.62. The molecule has 1 saturated carbocycles. The van der Waals surface area contributed by atoms with Gasteiger partial charge in [0.25, 0.3) is 5.69 Å². The van der Waals surface area contributed by atoms with Gasteiger partial charge in [-0.1, -0.05) is 13.8 Å². The Morgan fingerprint density at radius 3 is 2.62 bits per heavy atom. The van der Waals surface area contributed by atoms with Gasteiger partial charge in [-0.25, -0.2) is 0 Å². The Kier molecular flexibility index (Phi) is 4.83. The van der Waals surface area contributed by atoms with E-state index in [0.717, 1.165) is 19.3 Å². The molecule has 4 unspecified atom stereocenters. The van der Waals surface area contributed by atoms with E-state index in [1.54, 1.807) is 13.0 Å². The number of hydrogen-bond donors (Lipinski definition) is 1. The predicted molar refractivity (Wildman–Crippen MR) is 80.3 cm³/mol. The molecular formula is C16H23NO4. The van der Waals surface area contributed by atoms with Crippen molar-refractivity contribution in [2.45, 2.75) is 52.2 Å². The van der Waals surface area contributed by atoms with Crippen LogP contribution in [0.2, 0.25) is 0 Å². The van der Waals surface area contributed by atoms with Gasteiger partial charge in [0.05, 0.1) is 17.1 Å². The van der Waals surface area contributed by atoms with Gasteiger partial charge in [0, 0.05) is 17.7 Å². The molecule has 0 heterocycles. The highest BCUT2D eigenvalue weighted by Gasteiger charge is 2.27. The van der Waals surface area contributed by atoms with Crippen LogP contribution in [0.3, 0.4) is 0 Å². The number of non-ortho nitro benzene ring substituents is 1. The molecule has 5 heteroatoms. The molecule has 0 aliphatic heterocycles. The van der Waals surface area contributed by atoms with Crippen LogP contribution in [-0.2, 0) is 0 Å². The SMILES string of the molecule is CC(O)c1cc([N+](=O)[O-])ccc1OC1CCC(C)C(C)C1. The average Bonchev–Trinajstić information content (AvgIpc) is 2.43. The normalized spacial score (nSPS) is 27.1. The zero-order valence-electron chi connectivity index (χ0n) is 12.8. The average molecular weight is 293 g/mol. The lowest BCUT2D eigenvalue weighted by Crippen LogP contribution is -2.29. The van der Waals surface area contributed by atoms with E-state index in [0.29, 0.717) is 23.1 Å². The maximum atomic E-state index is 10.8.